The second-order valence-corrected chi connectivity index (χ2v) is 6.71. The molecule has 23 heavy (non-hydrogen) atoms. The van der Waals surface area contributed by atoms with Crippen LogP contribution in [0.2, 0.25) is 0 Å². The number of fused-ring (bicyclic) bond motifs is 2. The fraction of sp³-hybridized carbons (Fsp3) is 0.588. The van der Waals surface area contributed by atoms with Crippen LogP contribution in [-0.4, -0.2) is 39.0 Å². The summed E-state index contributed by atoms with van der Waals surface area (Å²) in [5.74, 6) is 0.850. The molecule has 1 aliphatic heterocycles. The lowest BCUT2D eigenvalue weighted by Crippen LogP contribution is -2.57. The summed E-state index contributed by atoms with van der Waals surface area (Å²) in [5, 5.41) is 6.91. The Kier molecular flexibility index (Phi) is 3.56. The van der Waals surface area contributed by atoms with E-state index in [4.69, 9.17) is 0 Å². The predicted octanol–water partition coefficient (Wildman–Crippen LogP) is 1.92. The minimum atomic E-state index is -0.0848. The highest BCUT2D eigenvalue weighted by Crippen LogP contribution is 2.35. The number of aryl methyl sites for hydroxylation is 1. The molecule has 6 heteroatoms. The number of hydrogen-bond acceptors (Lipinski definition) is 4. The van der Waals surface area contributed by atoms with Crippen LogP contribution in [0.1, 0.15) is 55.2 Å². The third-order valence-electron chi connectivity index (χ3n) is 5.38. The summed E-state index contributed by atoms with van der Waals surface area (Å²) in [6.07, 6.45) is 8.13. The summed E-state index contributed by atoms with van der Waals surface area (Å²) in [7, 11) is 0. The third kappa shape index (κ3) is 2.41. The second-order valence-electron chi connectivity index (χ2n) is 6.71. The van der Waals surface area contributed by atoms with Gasteiger partial charge in [-0.2, -0.15) is 0 Å². The topological polar surface area (TPSA) is 82.7 Å². The lowest BCUT2D eigenvalue weighted by atomic mass is 9.78. The highest BCUT2D eigenvalue weighted by molar-refractivity contribution is 6.04. The quantitative estimate of drug-likeness (QED) is 0.808. The molecule has 0 radical (unpaired) electrons. The van der Waals surface area contributed by atoms with E-state index < -0.39 is 0 Å². The van der Waals surface area contributed by atoms with Crippen molar-refractivity contribution in [3.8, 4) is 0 Å². The van der Waals surface area contributed by atoms with Crippen LogP contribution in [-0.2, 0) is 6.42 Å². The molecule has 0 bridgehead atoms. The summed E-state index contributed by atoms with van der Waals surface area (Å²) in [4.78, 5) is 24.9. The molecule has 6 nitrogen and oxygen atoms in total. The molecule has 4 rings (SSSR count). The maximum absolute atomic E-state index is 12.9. The van der Waals surface area contributed by atoms with Crippen LogP contribution >= 0.6 is 0 Å². The van der Waals surface area contributed by atoms with Crippen molar-refractivity contribution in [2.45, 2.75) is 57.0 Å². The number of carbonyl (C=O) groups is 1. The molecule has 1 saturated heterocycles. The Bertz CT molecular complexity index is 740. The predicted molar refractivity (Wildman–Crippen MR) is 88.3 cm³/mol. The average molecular weight is 313 g/mol. The van der Waals surface area contributed by atoms with E-state index in [9.17, 15) is 4.79 Å². The monoisotopic (exact) mass is 313 g/mol. The molecule has 0 aromatic carbocycles. The summed E-state index contributed by atoms with van der Waals surface area (Å²) < 4.78 is 0. The number of nitrogens with zero attached hydrogens (tertiary/aromatic N) is 2. The second kappa shape index (κ2) is 5.60. The number of imidazole rings is 1. The largest absolute Gasteiger partial charge is 0.345 e. The number of aromatic nitrogens is 3. The van der Waals surface area contributed by atoms with Crippen LogP contribution in [0.5, 0.6) is 0 Å². The van der Waals surface area contributed by atoms with Crippen LogP contribution in [0.4, 0.5) is 0 Å². The van der Waals surface area contributed by atoms with E-state index in [1.807, 2.05) is 6.92 Å². The van der Waals surface area contributed by atoms with E-state index in [-0.39, 0.29) is 11.4 Å². The molecule has 2 aromatic rings. The van der Waals surface area contributed by atoms with Gasteiger partial charge in [0, 0.05) is 18.7 Å². The molecule has 2 fully saturated rings. The van der Waals surface area contributed by atoms with E-state index in [1.165, 1.54) is 12.8 Å². The number of amides is 1. The Morgan fingerprint density at radius 3 is 3.22 bits per heavy atom. The number of H-pyrrole nitrogens is 1. The Hall–Kier alpha value is -1.95. The minimum absolute atomic E-state index is 0.0145. The van der Waals surface area contributed by atoms with Crippen LogP contribution in [0.3, 0.4) is 0 Å². The number of hydrogen-bond donors (Lipinski definition) is 3. The van der Waals surface area contributed by atoms with Crippen molar-refractivity contribution in [2.75, 3.05) is 6.54 Å². The van der Waals surface area contributed by atoms with Gasteiger partial charge in [0.1, 0.15) is 5.82 Å². The van der Waals surface area contributed by atoms with Crippen LogP contribution in [0.25, 0.3) is 11.2 Å². The van der Waals surface area contributed by atoms with Gasteiger partial charge in [0.2, 0.25) is 0 Å². The molecular weight excluding hydrogens is 290 g/mol. The van der Waals surface area contributed by atoms with Gasteiger partial charge in [-0.15, -0.1) is 0 Å². The first-order valence-electron chi connectivity index (χ1n) is 8.61. The lowest BCUT2D eigenvalue weighted by molar-refractivity contribution is 0.0862. The van der Waals surface area contributed by atoms with Crippen molar-refractivity contribution < 1.29 is 4.79 Å². The zero-order chi connectivity index (χ0) is 15.9. The van der Waals surface area contributed by atoms with E-state index >= 15 is 0 Å². The zero-order valence-electron chi connectivity index (χ0n) is 13.5. The van der Waals surface area contributed by atoms with Crippen molar-refractivity contribution in [2.24, 2.45) is 0 Å². The minimum Gasteiger partial charge on any atom is -0.345 e. The normalized spacial score (nSPS) is 27.1. The molecule has 3 heterocycles. The van der Waals surface area contributed by atoms with Gasteiger partial charge < -0.3 is 15.6 Å². The molecule has 0 spiro atoms. The number of carbonyl (C=O) groups excluding carboxylic acids is 1. The Labute approximate surface area is 135 Å². The van der Waals surface area contributed by atoms with E-state index in [0.717, 1.165) is 43.6 Å². The fourth-order valence-electron chi connectivity index (χ4n) is 4.13. The van der Waals surface area contributed by atoms with Crippen molar-refractivity contribution in [3.05, 3.63) is 23.7 Å². The first kappa shape index (κ1) is 14.6. The molecule has 2 atom stereocenters. The van der Waals surface area contributed by atoms with Crippen LogP contribution < -0.4 is 10.6 Å². The highest BCUT2D eigenvalue weighted by atomic mass is 16.1. The zero-order valence-corrected chi connectivity index (χ0v) is 13.5. The summed E-state index contributed by atoms with van der Waals surface area (Å²) >= 11 is 0. The van der Waals surface area contributed by atoms with Gasteiger partial charge in [-0.1, -0.05) is 19.8 Å². The maximum Gasteiger partial charge on any atom is 0.254 e. The lowest BCUT2D eigenvalue weighted by Gasteiger charge is -2.39. The smallest absolute Gasteiger partial charge is 0.254 e. The molecular formula is C17H23N5O. The van der Waals surface area contributed by atoms with Gasteiger partial charge in [-0.25, -0.2) is 9.97 Å². The van der Waals surface area contributed by atoms with E-state index in [1.54, 1.807) is 12.3 Å². The molecule has 2 aromatic heterocycles. The first-order valence-corrected chi connectivity index (χ1v) is 8.61. The number of aromatic amines is 1. The average Bonchev–Trinajstić information content (AvgIpc) is 3.17. The van der Waals surface area contributed by atoms with Gasteiger partial charge in [0.15, 0.2) is 5.65 Å². The van der Waals surface area contributed by atoms with Gasteiger partial charge in [0.05, 0.1) is 16.6 Å². The molecule has 3 N–H and O–H groups in total. The van der Waals surface area contributed by atoms with Gasteiger partial charge >= 0.3 is 0 Å². The van der Waals surface area contributed by atoms with E-state index in [2.05, 4.69) is 25.6 Å². The standard InChI is InChI=1S/C17H23N5O/c1-2-13-20-14-11(6-9-19-15(14)21-13)16(23)22-17-7-4-3-5-12(17)18-10-8-17/h6,9,12,18H,2-5,7-8,10H2,1H3,(H,22,23)(H,19,20,21). The van der Waals surface area contributed by atoms with Crippen molar-refractivity contribution in [1.29, 1.82) is 0 Å². The maximum atomic E-state index is 12.9. The highest BCUT2D eigenvalue weighted by Gasteiger charge is 2.45. The number of rotatable bonds is 3. The van der Waals surface area contributed by atoms with E-state index in [0.29, 0.717) is 17.3 Å². The van der Waals surface area contributed by atoms with Crippen molar-refractivity contribution in [3.63, 3.8) is 0 Å². The Morgan fingerprint density at radius 2 is 2.35 bits per heavy atom. The third-order valence-corrected chi connectivity index (χ3v) is 5.38. The first-order chi connectivity index (χ1) is 11.2. The molecule has 2 unspecified atom stereocenters. The molecule has 1 aliphatic carbocycles. The number of pyridine rings is 1. The van der Waals surface area contributed by atoms with Crippen molar-refractivity contribution >= 4 is 17.1 Å². The SMILES string of the molecule is CCc1nc2nccc(C(=O)NC34CCCCC3NCC4)c2[nH]1. The van der Waals surface area contributed by atoms with Crippen LogP contribution in [0, 0.1) is 0 Å². The summed E-state index contributed by atoms with van der Waals surface area (Å²) in [5.41, 5.74) is 1.93. The fourth-order valence-corrected chi connectivity index (χ4v) is 4.13. The molecule has 2 aliphatic rings. The molecule has 1 amide bonds. The van der Waals surface area contributed by atoms with Gasteiger partial charge in [-0.05, 0) is 31.9 Å². The molecule has 1 saturated carbocycles. The summed E-state index contributed by atoms with van der Waals surface area (Å²) in [6, 6.07) is 2.19. The van der Waals surface area contributed by atoms with Gasteiger partial charge in [0.25, 0.3) is 5.91 Å². The van der Waals surface area contributed by atoms with Crippen molar-refractivity contribution in [1.82, 2.24) is 25.6 Å². The number of nitrogens with one attached hydrogen (secondary N) is 3. The molecule has 122 valence electrons. The Morgan fingerprint density at radius 1 is 1.43 bits per heavy atom. The van der Waals surface area contributed by atoms with Crippen LogP contribution in [0.15, 0.2) is 12.3 Å². The van der Waals surface area contributed by atoms with Gasteiger partial charge in [-0.3, -0.25) is 4.79 Å². The summed E-state index contributed by atoms with van der Waals surface area (Å²) in [6.45, 7) is 3.02. The Balaban J connectivity index is 1.65.